The lowest BCUT2D eigenvalue weighted by Gasteiger charge is -2.12. The zero-order chi connectivity index (χ0) is 11.4. The van der Waals surface area contributed by atoms with Gasteiger partial charge in [0, 0.05) is 11.5 Å². The first-order chi connectivity index (χ1) is 7.10. The normalized spacial score (nSPS) is 12.5. The Morgan fingerprint density at radius 3 is 2.53 bits per heavy atom. The van der Waals surface area contributed by atoms with Gasteiger partial charge in [-0.25, -0.2) is 0 Å². The summed E-state index contributed by atoms with van der Waals surface area (Å²) in [5, 5.41) is 0. The molecular formula is C14H20O. The first-order valence-electron chi connectivity index (χ1n) is 5.73. The molecule has 1 aromatic rings. The van der Waals surface area contributed by atoms with E-state index >= 15 is 0 Å². The third kappa shape index (κ3) is 2.68. The zero-order valence-corrected chi connectivity index (χ0v) is 10.1. The summed E-state index contributed by atoms with van der Waals surface area (Å²) < 4.78 is 0. The number of hydrogen-bond acceptors (Lipinski definition) is 1. The molecule has 0 heterocycles. The Morgan fingerprint density at radius 2 is 2.00 bits per heavy atom. The fraction of sp³-hybridized carbons (Fsp3) is 0.500. The van der Waals surface area contributed by atoms with E-state index in [1.807, 2.05) is 19.9 Å². The summed E-state index contributed by atoms with van der Waals surface area (Å²) >= 11 is 0. The quantitative estimate of drug-likeness (QED) is 0.682. The van der Waals surface area contributed by atoms with E-state index in [1.165, 1.54) is 11.1 Å². The molecule has 0 aliphatic heterocycles. The molecule has 0 fully saturated rings. The van der Waals surface area contributed by atoms with E-state index in [2.05, 4.69) is 26.0 Å². The number of carbonyl (C=O) groups is 1. The molecule has 0 aliphatic rings. The number of rotatable bonds is 4. The van der Waals surface area contributed by atoms with Gasteiger partial charge in [0.05, 0.1) is 0 Å². The molecule has 0 N–H and O–H groups in total. The Hall–Kier alpha value is -1.11. The number of ketones is 1. The van der Waals surface area contributed by atoms with Crippen molar-refractivity contribution < 1.29 is 4.79 Å². The van der Waals surface area contributed by atoms with Crippen molar-refractivity contribution in [2.75, 3.05) is 0 Å². The van der Waals surface area contributed by atoms with Crippen LogP contribution in [0.5, 0.6) is 0 Å². The number of benzene rings is 1. The molecule has 1 rings (SSSR count). The standard InChI is InChI=1S/C14H20O/c1-5-11(4)14(15)13-9-10(3)7-8-12(13)6-2/h7-9,11H,5-6H2,1-4H3. The molecule has 1 nitrogen and oxygen atoms in total. The van der Waals surface area contributed by atoms with Crippen LogP contribution in [0.2, 0.25) is 0 Å². The van der Waals surface area contributed by atoms with Crippen LogP contribution in [0.25, 0.3) is 0 Å². The molecule has 1 aromatic carbocycles. The largest absolute Gasteiger partial charge is 0.294 e. The van der Waals surface area contributed by atoms with Gasteiger partial charge in [-0.1, -0.05) is 38.5 Å². The van der Waals surface area contributed by atoms with Crippen LogP contribution >= 0.6 is 0 Å². The summed E-state index contributed by atoms with van der Waals surface area (Å²) in [6.07, 6.45) is 1.84. The van der Waals surface area contributed by atoms with Crippen LogP contribution in [0, 0.1) is 12.8 Å². The van der Waals surface area contributed by atoms with E-state index in [-0.39, 0.29) is 11.7 Å². The van der Waals surface area contributed by atoms with Crippen molar-refractivity contribution in [3.05, 3.63) is 34.9 Å². The van der Waals surface area contributed by atoms with Crippen molar-refractivity contribution in [2.24, 2.45) is 5.92 Å². The lowest BCUT2D eigenvalue weighted by atomic mass is 9.91. The minimum Gasteiger partial charge on any atom is -0.294 e. The van der Waals surface area contributed by atoms with E-state index in [9.17, 15) is 4.79 Å². The van der Waals surface area contributed by atoms with Crippen molar-refractivity contribution in [1.82, 2.24) is 0 Å². The first kappa shape index (κ1) is 12.0. The van der Waals surface area contributed by atoms with Gasteiger partial charge in [0.15, 0.2) is 5.78 Å². The topological polar surface area (TPSA) is 17.1 Å². The Bertz CT molecular complexity index is 352. The molecule has 0 amide bonds. The summed E-state index contributed by atoms with van der Waals surface area (Å²) in [4.78, 5) is 12.1. The maximum absolute atomic E-state index is 12.1. The predicted octanol–water partition coefficient (Wildman–Crippen LogP) is 3.79. The van der Waals surface area contributed by atoms with Gasteiger partial charge in [0.1, 0.15) is 0 Å². The summed E-state index contributed by atoms with van der Waals surface area (Å²) in [6.45, 7) is 8.19. The van der Waals surface area contributed by atoms with Crippen LogP contribution < -0.4 is 0 Å². The highest BCUT2D eigenvalue weighted by Crippen LogP contribution is 2.18. The molecule has 1 atom stereocenters. The lowest BCUT2D eigenvalue weighted by molar-refractivity contribution is 0.0926. The second-order valence-electron chi connectivity index (χ2n) is 4.19. The number of aryl methyl sites for hydroxylation is 2. The highest BCUT2D eigenvalue weighted by atomic mass is 16.1. The second kappa shape index (κ2) is 5.11. The van der Waals surface area contributed by atoms with Crippen LogP contribution in [0.4, 0.5) is 0 Å². The minimum absolute atomic E-state index is 0.136. The molecule has 0 spiro atoms. The first-order valence-corrected chi connectivity index (χ1v) is 5.73. The van der Waals surface area contributed by atoms with Crippen molar-refractivity contribution in [3.63, 3.8) is 0 Å². The number of carbonyl (C=O) groups excluding carboxylic acids is 1. The van der Waals surface area contributed by atoms with Gasteiger partial charge in [-0.15, -0.1) is 0 Å². The van der Waals surface area contributed by atoms with E-state index in [4.69, 9.17) is 0 Å². The van der Waals surface area contributed by atoms with Gasteiger partial charge in [0.25, 0.3) is 0 Å². The van der Waals surface area contributed by atoms with E-state index in [1.54, 1.807) is 0 Å². The van der Waals surface area contributed by atoms with Crippen LogP contribution in [-0.4, -0.2) is 5.78 Å². The van der Waals surface area contributed by atoms with Crippen LogP contribution in [0.3, 0.4) is 0 Å². The van der Waals surface area contributed by atoms with Crippen LogP contribution in [0.15, 0.2) is 18.2 Å². The smallest absolute Gasteiger partial charge is 0.165 e. The predicted molar refractivity (Wildman–Crippen MR) is 64.3 cm³/mol. The molecular weight excluding hydrogens is 184 g/mol. The minimum atomic E-state index is 0.136. The second-order valence-corrected chi connectivity index (χ2v) is 4.19. The average Bonchev–Trinajstić information content (AvgIpc) is 2.27. The molecule has 0 aromatic heterocycles. The van der Waals surface area contributed by atoms with E-state index in [0.717, 1.165) is 18.4 Å². The summed E-state index contributed by atoms with van der Waals surface area (Å²) in [7, 11) is 0. The van der Waals surface area contributed by atoms with Gasteiger partial charge < -0.3 is 0 Å². The molecule has 1 heteroatoms. The summed E-state index contributed by atoms with van der Waals surface area (Å²) in [5.41, 5.74) is 3.26. The summed E-state index contributed by atoms with van der Waals surface area (Å²) in [5.74, 6) is 0.426. The van der Waals surface area contributed by atoms with Gasteiger partial charge in [-0.2, -0.15) is 0 Å². The third-order valence-corrected chi connectivity index (χ3v) is 2.97. The monoisotopic (exact) mass is 204 g/mol. The van der Waals surface area contributed by atoms with Crippen molar-refractivity contribution in [1.29, 1.82) is 0 Å². The molecule has 0 saturated carbocycles. The molecule has 15 heavy (non-hydrogen) atoms. The van der Waals surface area contributed by atoms with Gasteiger partial charge >= 0.3 is 0 Å². The zero-order valence-electron chi connectivity index (χ0n) is 10.1. The molecule has 1 unspecified atom stereocenters. The van der Waals surface area contributed by atoms with Crippen molar-refractivity contribution >= 4 is 5.78 Å². The van der Waals surface area contributed by atoms with Crippen LogP contribution in [-0.2, 0) is 6.42 Å². The van der Waals surface area contributed by atoms with Crippen LogP contribution in [0.1, 0.15) is 48.7 Å². The lowest BCUT2D eigenvalue weighted by Crippen LogP contribution is -2.12. The highest BCUT2D eigenvalue weighted by molar-refractivity contribution is 5.99. The number of hydrogen-bond donors (Lipinski definition) is 0. The Morgan fingerprint density at radius 1 is 1.33 bits per heavy atom. The maximum atomic E-state index is 12.1. The third-order valence-electron chi connectivity index (χ3n) is 2.97. The van der Waals surface area contributed by atoms with E-state index < -0.39 is 0 Å². The average molecular weight is 204 g/mol. The maximum Gasteiger partial charge on any atom is 0.165 e. The number of Topliss-reactive ketones (excluding diaryl/α,β-unsaturated/α-hetero) is 1. The van der Waals surface area contributed by atoms with Crippen molar-refractivity contribution in [2.45, 2.75) is 40.5 Å². The Balaban J connectivity index is 3.11. The van der Waals surface area contributed by atoms with Gasteiger partial charge in [-0.3, -0.25) is 4.79 Å². The molecule has 0 radical (unpaired) electrons. The fourth-order valence-electron chi connectivity index (χ4n) is 1.68. The SMILES string of the molecule is CCc1ccc(C)cc1C(=O)C(C)CC. The molecule has 0 aliphatic carbocycles. The Labute approximate surface area is 92.5 Å². The van der Waals surface area contributed by atoms with E-state index in [0.29, 0.717) is 0 Å². The summed E-state index contributed by atoms with van der Waals surface area (Å²) in [6, 6.07) is 6.17. The fourth-order valence-corrected chi connectivity index (χ4v) is 1.68. The molecule has 0 saturated heterocycles. The molecule has 82 valence electrons. The molecule has 0 bridgehead atoms. The van der Waals surface area contributed by atoms with Crippen molar-refractivity contribution in [3.8, 4) is 0 Å². The van der Waals surface area contributed by atoms with Gasteiger partial charge in [-0.05, 0) is 31.4 Å². The van der Waals surface area contributed by atoms with Gasteiger partial charge in [0.2, 0.25) is 0 Å². The Kier molecular flexibility index (Phi) is 4.07. The highest BCUT2D eigenvalue weighted by Gasteiger charge is 2.16.